The van der Waals surface area contributed by atoms with Gasteiger partial charge in [-0.2, -0.15) is 0 Å². The molecule has 0 bridgehead atoms. The summed E-state index contributed by atoms with van der Waals surface area (Å²) in [7, 11) is 0. The van der Waals surface area contributed by atoms with Crippen LogP contribution in [0, 0.1) is 11.6 Å². The number of nitrogens with one attached hydrogen (secondary N) is 1. The lowest BCUT2D eigenvalue weighted by Gasteiger charge is -2.22. The van der Waals surface area contributed by atoms with Crippen molar-refractivity contribution in [1.82, 2.24) is 5.32 Å². The van der Waals surface area contributed by atoms with E-state index in [9.17, 15) is 13.9 Å². The van der Waals surface area contributed by atoms with E-state index in [1.54, 1.807) is 6.08 Å². The minimum absolute atomic E-state index is 0. The number of guanidine groups is 1. The van der Waals surface area contributed by atoms with E-state index in [-0.39, 0.29) is 42.0 Å². The van der Waals surface area contributed by atoms with Crippen molar-refractivity contribution >= 4 is 29.9 Å². The highest BCUT2D eigenvalue weighted by Gasteiger charge is 2.26. The van der Waals surface area contributed by atoms with E-state index < -0.39 is 17.2 Å². The van der Waals surface area contributed by atoms with Gasteiger partial charge < -0.3 is 16.2 Å². The molecule has 1 unspecified atom stereocenters. The first-order valence-corrected chi connectivity index (χ1v) is 5.69. The quantitative estimate of drug-likeness (QED) is 0.308. The van der Waals surface area contributed by atoms with Crippen LogP contribution >= 0.6 is 24.0 Å². The summed E-state index contributed by atoms with van der Waals surface area (Å²) in [6.45, 7) is 5.17. The van der Waals surface area contributed by atoms with E-state index in [2.05, 4.69) is 16.9 Å². The zero-order chi connectivity index (χ0) is 14.5. The van der Waals surface area contributed by atoms with Crippen LogP contribution in [0.3, 0.4) is 0 Å². The Morgan fingerprint density at radius 1 is 1.55 bits per heavy atom. The number of rotatable bonds is 5. The van der Waals surface area contributed by atoms with Crippen LogP contribution in [0.5, 0.6) is 0 Å². The van der Waals surface area contributed by atoms with Gasteiger partial charge in [-0.05, 0) is 13.0 Å². The normalized spacial score (nSPS) is 14.1. The minimum atomic E-state index is -1.57. The lowest BCUT2D eigenvalue weighted by atomic mass is 9.95. The van der Waals surface area contributed by atoms with Crippen LogP contribution in [-0.4, -0.2) is 24.2 Å². The minimum Gasteiger partial charge on any atom is -0.383 e. The number of halogens is 3. The van der Waals surface area contributed by atoms with Crippen molar-refractivity contribution in [2.45, 2.75) is 12.5 Å². The van der Waals surface area contributed by atoms with Gasteiger partial charge in [0.1, 0.15) is 17.2 Å². The molecule has 0 aliphatic heterocycles. The van der Waals surface area contributed by atoms with Crippen molar-refractivity contribution in [3.8, 4) is 0 Å². The zero-order valence-corrected chi connectivity index (χ0v) is 13.4. The maximum atomic E-state index is 13.6. The van der Waals surface area contributed by atoms with Crippen molar-refractivity contribution in [2.24, 2.45) is 10.7 Å². The highest BCUT2D eigenvalue weighted by Crippen LogP contribution is 2.24. The molecule has 0 spiro atoms. The summed E-state index contributed by atoms with van der Waals surface area (Å²) in [6, 6.07) is 2.98. The average Bonchev–Trinajstić information content (AvgIpc) is 2.33. The van der Waals surface area contributed by atoms with Crippen LogP contribution < -0.4 is 11.1 Å². The van der Waals surface area contributed by atoms with Crippen molar-refractivity contribution in [3.63, 3.8) is 0 Å². The van der Waals surface area contributed by atoms with E-state index in [1.165, 1.54) is 13.0 Å². The van der Waals surface area contributed by atoms with Crippen LogP contribution in [0.4, 0.5) is 8.78 Å². The van der Waals surface area contributed by atoms with Crippen LogP contribution in [0.1, 0.15) is 12.5 Å². The van der Waals surface area contributed by atoms with Gasteiger partial charge in [-0.3, -0.25) is 4.99 Å². The Kier molecular flexibility index (Phi) is 7.66. The summed E-state index contributed by atoms with van der Waals surface area (Å²) in [5.41, 5.74) is 3.93. The summed E-state index contributed by atoms with van der Waals surface area (Å²) in [5.74, 6) is -1.41. The predicted octanol–water partition coefficient (Wildman–Crippen LogP) is 1.88. The first-order valence-electron chi connectivity index (χ1n) is 5.69. The van der Waals surface area contributed by atoms with Gasteiger partial charge in [0.2, 0.25) is 0 Å². The summed E-state index contributed by atoms with van der Waals surface area (Å²) in [5, 5.41) is 12.9. The third kappa shape index (κ3) is 5.41. The van der Waals surface area contributed by atoms with Crippen LogP contribution in [0.15, 0.2) is 35.8 Å². The molecule has 1 atom stereocenters. The first-order chi connectivity index (χ1) is 8.86. The van der Waals surface area contributed by atoms with E-state index in [0.717, 1.165) is 6.07 Å². The second-order valence-corrected chi connectivity index (χ2v) is 4.27. The SMILES string of the molecule is C=CCNC(N)=NCC(C)(O)c1ccc(F)cc1F.I. The smallest absolute Gasteiger partial charge is 0.188 e. The fraction of sp³-hybridized carbons (Fsp3) is 0.308. The molecule has 7 heteroatoms. The Bertz CT molecular complexity index is 493. The monoisotopic (exact) mass is 397 g/mol. The number of nitrogens with two attached hydrogens (primary N) is 1. The fourth-order valence-corrected chi connectivity index (χ4v) is 1.48. The first kappa shape index (κ1) is 18.8. The number of benzene rings is 1. The van der Waals surface area contributed by atoms with E-state index in [0.29, 0.717) is 12.6 Å². The topological polar surface area (TPSA) is 70.6 Å². The molecule has 0 aliphatic carbocycles. The molecule has 0 amide bonds. The molecule has 4 N–H and O–H groups in total. The third-order valence-electron chi connectivity index (χ3n) is 2.50. The van der Waals surface area contributed by atoms with Gasteiger partial charge in [-0.15, -0.1) is 30.6 Å². The van der Waals surface area contributed by atoms with Gasteiger partial charge in [-0.1, -0.05) is 12.1 Å². The molecule has 4 nitrogen and oxygen atoms in total. The molecule has 0 radical (unpaired) electrons. The molecule has 1 aromatic carbocycles. The Balaban J connectivity index is 0.00000361. The molecule has 112 valence electrons. The van der Waals surface area contributed by atoms with E-state index in [4.69, 9.17) is 5.73 Å². The third-order valence-corrected chi connectivity index (χ3v) is 2.50. The Morgan fingerprint density at radius 2 is 2.20 bits per heavy atom. The molecule has 0 aliphatic rings. The largest absolute Gasteiger partial charge is 0.383 e. The van der Waals surface area contributed by atoms with Crippen molar-refractivity contribution in [3.05, 3.63) is 48.1 Å². The maximum Gasteiger partial charge on any atom is 0.188 e. The van der Waals surface area contributed by atoms with Gasteiger partial charge in [0, 0.05) is 18.2 Å². The molecule has 0 aromatic heterocycles. The number of nitrogens with zero attached hydrogens (tertiary/aromatic N) is 1. The standard InChI is InChI=1S/C13H17F2N3O.HI/c1-3-6-17-12(16)18-8-13(2,19)10-5-4-9(14)7-11(10)15;/h3-5,7,19H,1,6,8H2,2H3,(H3,16,17,18);1H. The van der Waals surface area contributed by atoms with Crippen LogP contribution in [-0.2, 0) is 5.60 Å². The molecular formula is C13H18F2IN3O. The van der Waals surface area contributed by atoms with Gasteiger partial charge in [0.25, 0.3) is 0 Å². The predicted molar refractivity (Wildman–Crippen MR) is 86.0 cm³/mol. The summed E-state index contributed by atoms with van der Waals surface area (Å²) < 4.78 is 26.4. The number of hydrogen-bond donors (Lipinski definition) is 3. The Hall–Kier alpha value is -1.22. The average molecular weight is 397 g/mol. The van der Waals surface area contributed by atoms with Gasteiger partial charge in [-0.25, -0.2) is 8.78 Å². The maximum absolute atomic E-state index is 13.6. The molecule has 0 heterocycles. The Labute approximate surface area is 133 Å². The highest BCUT2D eigenvalue weighted by atomic mass is 127. The molecule has 0 saturated carbocycles. The van der Waals surface area contributed by atoms with Gasteiger partial charge in [0.05, 0.1) is 6.54 Å². The van der Waals surface area contributed by atoms with Crippen LogP contribution in [0.25, 0.3) is 0 Å². The second kappa shape index (κ2) is 8.15. The molecular weight excluding hydrogens is 379 g/mol. The van der Waals surface area contributed by atoms with Crippen molar-refractivity contribution < 1.29 is 13.9 Å². The number of aliphatic hydroxyl groups is 1. The lowest BCUT2D eigenvalue weighted by molar-refractivity contribution is 0.0633. The van der Waals surface area contributed by atoms with Gasteiger partial charge in [0.15, 0.2) is 5.96 Å². The van der Waals surface area contributed by atoms with E-state index >= 15 is 0 Å². The van der Waals surface area contributed by atoms with Crippen LogP contribution in [0.2, 0.25) is 0 Å². The summed E-state index contributed by atoms with van der Waals surface area (Å²) in [4.78, 5) is 3.90. The second-order valence-electron chi connectivity index (χ2n) is 4.27. The summed E-state index contributed by atoms with van der Waals surface area (Å²) >= 11 is 0. The fourth-order valence-electron chi connectivity index (χ4n) is 1.48. The molecule has 1 aromatic rings. The highest BCUT2D eigenvalue weighted by molar-refractivity contribution is 14.0. The van der Waals surface area contributed by atoms with E-state index in [1.807, 2.05) is 0 Å². The number of hydrogen-bond acceptors (Lipinski definition) is 2. The molecule has 1 rings (SSSR count). The Morgan fingerprint density at radius 3 is 2.75 bits per heavy atom. The molecule has 20 heavy (non-hydrogen) atoms. The van der Waals surface area contributed by atoms with Crippen molar-refractivity contribution in [1.29, 1.82) is 0 Å². The molecule has 0 saturated heterocycles. The summed E-state index contributed by atoms with van der Waals surface area (Å²) in [6.07, 6.45) is 1.60. The zero-order valence-electron chi connectivity index (χ0n) is 11.1. The molecule has 0 fully saturated rings. The number of aliphatic imine (C=N–C) groups is 1. The lowest BCUT2D eigenvalue weighted by Crippen LogP contribution is -2.34. The van der Waals surface area contributed by atoms with Gasteiger partial charge >= 0.3 is 0 Å². The van der Waals surface area contributed by atoms with Crippen molar-refractivity contribution in [2.75, 3.05) is 13.1 Å².